The fraction of sp³-hybridized carbons (Fsp3) is 0.500. The lowest BCUT2D eigenvalue weighted by Gasteiger charge is -2.24. The Morgan fingerprint density at radius 1 is 1.47 bits per heavy atom. The summed E-state index contributed by atoms with van der Waals surface area (Å²) in [6.07, 6.45) is 0. The third-order valence-corrected chi connectivity index (χ3v) is 2.81. The second-order valence-electron chi connectivity index (χ2n) is 3.95. The Morgan fingerprint density at radius 2 is 2.20 bits per heavy atom. The Balaban J connectivity index is 2.54. The van der Waals surface area contributed by atoms with Gasteiger partial charge in [0.05, 0.1) is 0 Å². The van der Waals surface area contributed by atoms with Crippen LogP contribution in [0.4, 0.5) is 0 Å². The minimum absolute atomic E-state index is 0.522. The Morgan fingerprint density at radius 3 is 2.80 bits per heavy atom. The van der Waals surface area contributed by atoms with E-state index in [0.29, 0.717) is 6.04 Å². The van der Waals surface area contributed by atoms with Crippen LogP contribution in [0.5, 0.6) is 0 Å². The van der Waals surface area contributed by atoms with Crippen LogP contribution in [0.2, 0.25) is 5.02 Å². The summed E-state index contributed by atoms with van der Waals surface area (Å²) in [6.45, 7) is 4.14. The molecule has 1 aromatic carbocycles. The van der Waals surface area contributed by atoms with E-state index in [1.54, 1.807) is 0 Å². The van der Waals surface area contributed by atoms with E-state index in [1.165, 1.54) is 5.56 Å². The lowest BCUT2D eigenvalue weighted by molar-refractivity contribution is 0.246. The van der Waals surface area contributed by atoms with Crippen LogP contribution < -0.4 is 5.32 Å². The smallest absolute Gasteiger partial charge is 0.0409 e. The summed E-state index contributed by atoms with van der Waals surface area (Å²) in [7, 11) is 4.10. The van der Waals surface area contributed by atoms with E-state index in [4.69, 9.17) is 11.6 Å². The van der Waals surface area contributed by atoms with Gasteiger partial charge in [-0.15, -0.1) is 0 Å². The zero-order valence-electron chi connectivity index (χ0n) is 9.63. The van der Waals surface area contributed by atoms with Gasteiger partial charge in [-0.25, -0.2) is 0 Å². The zero-order valence-corrected chi connectivity index (χ0v) is 10.4. The fourth-order valence-corrected chi connectivity index (χ4v) is 1.74. The average Bonchev–Trinajstić information content (AvgIpc) is 2.18. The normalized spacial score (nSPS) is 13.1. The molecule has 1 aromatic rings. The second kappa shape index (κ2) is 6.11. The highest BCUT2D eigenvalue weighted by atomic mass is 35.5. The second-order valence-corrected chi connectivity index (χ2v) is 4.39. The van der Waals surface area contributed by atoms with Crippen molar-refractivity contribution >= 4 is 11.6 Å². The Kier molecular flexibility index (Phi) is 5.09. The minimum Gasteiger partial charge on any atom is -0.318 e. The number of likely N-dealkylation sites (N-methyl/N-ethyl adjacent to an activating group) is 2. The van der Waals surface area contributed by atoms with E-state index in [2.05, 4.69) is 30.3 Å². The summed E-state index contributed by atoms with van der Waals surface area (Å²) in [5.41, 5.74) is 1.26. The predicted octanol–water partition coefficient (Wildman–Crippen LogP) is 2.38. The van der Waals surface area contributed by atoms with Crippen LogP contribution in [0.1, 0.15) is 12.5 Å². The van der Waals surface area contributed by atoms with Gasteiger partial charge in [0.2, 0.25) is 0 Å². The standard InChI is InChI=1S/C12H19ClN2/c1-10(8-14-2)15(3)9-11-5-4-6-12(13)7-11/h4-7,10,14H,8-9H2,1-3H3. The molecule has 1 atom stereocenters. The van der Waals surface area contributed by atoms with Crippen LogP contribution in [-0.2, 0) is 6.54 Å². The number of hydrogen-bond donors (Lipinski definition) is 1. The van der Waals surface area contributed by atoms with Crippen molar-refractivity contribution in [2.24, 2.45) is 0 Å². The average molecular weight is 227 g/mol. The maximum atomic E-state index is 5.94. The molecule has 1 unspecified atom stereocenters. The van der Waals surface area contributed by atoms with Crippen LogP contribution in [-0.4, -0.2) is 31.6 Å². The van der Waals surface area contributed by atoms with E-state index in [9.17, 15) is 0 Å². The molecule has 0 aliphatic rings. The molecule has 0 amide bonds. The minimum atomic E-state index is 0.522. The number of hydrogen-bond acceptors (Lipinski definition) is 2. The van der Waals surface area contributed by atoms with Crippen molar-refractivity contribution < 1.29 is 0 Å². The van der Waals surface area contributed by atoms with Crippen molar-refractivity contribution in [3.8, 4) is 0 Å². The summed E-state index contributed by atoms with van der Waals surface area (Å²) >= 11 is 5.94. The highest BCUT2D eigenvalue weighted by Gasteiger charge is 2.08. The summed E-state index contributed by atoms with van der Waals surface area (Å²) in [4.78, 5) is 2.31. The Hall–Kier alpha value is -0.570. The number of benzene rings is 1. The summed E-state index contributed by atoms with van der Waals surface area (Å²) in [6, 6.07) is 8.54. The lowest BCUT2D eigenvalue weighted by atomic mass is 10.2. The van der Waals surface area contributed by atoms with E-state index in [0.717, 1.165) is 18.1 Å². The summed E-state index contributed by atoms with van der Waals surface area (Å²) in [5.74, 6) is 0. The van der Waals surface area contributed by atoms with Crippen molar-refractivity contribution in [2.45, 2.75) is 19.5 Å². The van der Waals surface area contributed by atoms with Gasteiger partial charge in [-0.1, -0.05) is 23.7 Å². The molecule has 0 aromatic heterocycles. The van der Waals surface area contributed by atoms with Crippen LogP contribution in [0.3, 0.4) is 0 Å². The summed E-state index contributed by atoms with van der Waals surface area (Å²) in [5, 5.41) is 3.99. The Bertz CT molecular complexity index is 301. The van der Waals surface area contributed by atoms with Gasteiger partial charge < -0.3 is 5.32 Å². The first kappa shape index (κ1) is 12.5. The molecule has 0 saturated carbocycles. The molecule has 15 heavy (non-hydrogen) atoms. The van der Waals surface area contributed by atoms with Gasteiger partial charge in [0.15, 0.2) is 0 Å². The molecular weight excluding hydrogens is 208 g/mol. The molecule has 0 aliphatic heterocycles. The zero-order chi connectivity index (χ0) is 11.3. The van der Waals surface area contributed by atoms with E-state index in [1.807, 2.05) is 25.2 Å². The molecule has 2 nitrogen and oxygen atoms in total. The van der Waals surface area contributed by atoms with Crippen molar-refractivity contribution in [3.05, 3.63) is 34.9 Å². The number of rotatable bonds is 5. The first-order chi connectivity index (χ1) is 7.13. The first-order valence-electron chi connectivity index (χ1n) is 5.22. The topological polar surface area (TPSA) is 15.3 Å². The first-order valence-corrected chi connectivity index (χ1v) is 5.60. The van der Waals surface area contributed by atoms with Crippen molar-refractivity contribution in [3.63, 3.8) is 0 Å². The molecule has 1 N–H and O–H groups in total. The monoisotopic (exact) mass is 226 g/mol. The molecule has 3 heteroatoms. The largest absolute Gasteiger partial charge is 0.318 e. The molecule has 0 radical (unpaired) electrons. The molecule has 84 valence electrons. The molecule has 0 saturated heterocycles. The highest BCUT2D eigenvalue weighted by Crippen LogP contribution is 2.12. The van der Waals surface area contributed by atoms with E-state index < -0.39 is 0 Å². The number of nitrogens with zero attached hydrogens (tertiary/aromatic N) is 1. The van der Waals surface area contributed by atoms with Gasteiger partial charge in [0, 0.05) is 24.2 Å². The van der Waals surface area contributed by atoms with Crippen LogP contribution in [0.25, 0.3) is 0 Å². The third kappa shape index (κ3) is 4.20. The number of nitrogens with one attached hydrogen (secondary N) is 1. The van der Waals surface area contributed by atoms with Gasteiger partial charge in [-0.05, 0) is 38.7 Å². The molecular formula is C12H19ClN2. The third-order valence-electron chi connectivity index (χ3n) is 2.57. The molecule has 0 bridgehead atoms. The maximum absolute atomic E-state index is 5.94. The van der Waals surface area contributed by atoms with Crippen LogP contribution in [0.15, 0.2) is 24.3 Å². The molecule has 1 rings (SSSR count). The van der Waals surface area contributed by atoms with Crippen LogP contribution >= 0.6 is 11.6 Å². The van der Waals surface area contributed by atoms with Gasteiger partial charge in [0.25, 0.3) is 0 Å². The molecule has 0 fully saturated rings. The quantitative estimate of drug-likeness (QED) is 0.830. The lowest BCUT2D eigenvalue weighted by Crippen LogP contribution is -2.36. The van der Waals surface area contributed by atoms with E-state index >= 15 is 0 Å². The van der Waals surface area contributed by atoms with Gasteiger partial charge in [-0.3, -0.25) is 4.90 Å². The number of halogens is 1. The maximum Gasteiger partial charge on any atom is 0.0409 e. The fourth-order valence-electron chi connectivity index (χ4n) is 1.53. The van der Waals surface area contributed by atoms with Crippen LogP contribution in [0, 0.1) is 0 Å². The molecule has 0 spiro atoms. The van der Waals surface area contributed by atoms with Crippen molar-refractivity contribution in [2.75, 3.05) is 20.6 Å². The van der Waals surface area contributed by atoms with E-state index in [-0.39, 0.29) is 0 Å². The van der Waals surface area contributed by atoms with Gasteiger partial charge >= 0.3 is 0 Å². The highest BCUT2D eigenvalue weighted by molar-refractivity contribution is 6.30. The Labute approximate surface area is 97.2 Å². The molecule has 0 heterocycles. The molecule has 0 aliphatic carbocycles. The SMILES string of the molecule is CNCC(C)N(C)Cc1cccc(Cl)c1. The van der Waals surface area contributed by atoms with Crippen molar-refractivity contribution in [1.29, 1.82) is 0 Å². The van der Waals surface area contributed by atoms with Crippen molar-refractivity contribution in [1.82, 2.24) is 10.2 Å². The summed E-state index contributed by atoms with van der Waals surface area (Å²) < 4.78 is 0. The van der Waals surface area contributed by atoms with Gasteiger partial charge in [-0.2, -0.15) is 0 Å². The predicted molar refractivity (Wildman–Crippen MR) is 66.3 cm³/mol. The van der Waals surface area contributed by atoms with Gasteiger partial charge in [0.1, 0.15) is 0 Å².